The van der Waals surface area contributed by atoms with Crippen LogP contribution in [0.3, 0.4) is 0 Å². The lowest BCUT2D eigenvalue weighted by Crippen LogP contribution is -3.13. The van der Waals surface area contributed by atoms with Crippen LogP contribution in [0.2, 0.25) is 5.02 Å². The van der Waals surface area contributed by atoms with Crippen molar-refractivity contribution in [2.45, 2.75) is 25.4 Å². The highest BCUT2D eigenvalue weighted by Gasteiger charge is 2.34. The Morgan fingerprint density at radius 2 is 1.88 bits per heavy atom. The summed E-state index contributed by atoms with van der Waals surface area (Å²) in [5.74, 6) is -0.935. The van der Waals surface area contributed by atoms with Crippen molar-refractivity contribution in [3.8, 4) is 0 Å². The fraction of sp³-hybridized carbons (Fsp3) is 0.278. The summed E-state index contributed by atoms with van der Waals surface area (Å²) in [6, 6.07) is 10.9. The molecule has 3 nitrogen and oxygen atoms in total. The Hall–Kier alpha value is -1.98. The Labute approximate surface area is 144 Å². The third kappa shape index (κ3) is 4.52. The van der Waals surface area contributed by atoms with Gasteiger partial charge in [0.25, 0.3) is 5.91 Å². The number of halogens is 3. The average Bonchev–Trinajstić information content (AvgIpc) is 3.37. The normalized spacial score (nSPS) is 15.1. The number of carbonyl (C=O) groups is 1. The third-order valence-corrected chi connectivity index (χ3v) is 4.38. The molecule has 1 fully saturated rings. The molecule has 1 unspecified atom stereocenters. The van der Waals surface area contributed by atoms with Crippen molar-refractivity contribution in [2.24, 2.45) is 0 Å². The summed E-state index contributed by atoms with van der Waals surface area (Å²) in [5.41, 5.74) is 1.47. The van der Waals surface area contributed by atoms with Crippen LogP contribution in [0.4, 0.5) is 14.5 Å². The molecule has 6 heteroatoms. The van der Waals surface area contributed by atoms with Gasteiger partial charge in [0.05, 0.1) is 11.1 Å². The summed E-state index contributed by atoms with van der Waals surface area (Å²) >= 11 is 5.72. The lowest BCUT2D eigenvalue weighted by molar-refractivity contribution is -0.916. The first-order valence-corrected chi connectivity index (χ1v) is 8.23. The fourth-order valence-electron chi connectivity index (χ4n) is 2.69. The van der Waals surface area contributed by atoms with Crippen molar-refractivity contribution in [2.75, 3.05) is 11.9 Å². The van der Waals surface area contributed by atoms with Gasteiger partial charge in [0, 0.05) is 24.1 Å². The standard InChI is InChI=1S/C18H17ClF2N2O/c19-16-9-14(5-8-17(16)21)22-18(24)11-23(15-6-7-15)10-12-1-3-13(20)4-2-12/h1-5,8-9,15H,6-7,10-11H2,(H,22,24)/p+1. The zero-order valence-corrected chi connectivity index (χ0v) is 13.7. The van der Waals surface area contributed by atoms with Gasteiger partial charge in [-0.2, -0.15) is 0 Å². The van der Waals surface area contributed by atoms with Gasteiger partial charge in [-0.25, -0.2) is 8.78 Å². The number of carbonyl (C=O) groups excluding carboxylic acids is 1. The molecular formula is C18H18ClF2N2O+. The minimum absolute atomic E-state index is 0.0227. The van der Waals surface area contributed by atoms with E-state index in [1.807, 2.05) is 0 Å². The number of quaternary nitrogens is 1. The van der Waals surface area contributed by atoms with Crippen molar-refractivity contribution < 1.29 is 18.5 Å². The van der Waals surface area contributed by atoms with Crippen molar-refractivity contribution >= 4 is 23.2 Å². The lowest BCUT2D eigenvalue weighted by Gasteiger charge is -2.19. The van der Waals surface area contributed by atoms with Gasteiger partial charge < -0.3 is 10.2 Å². The molecule has 0 aromatic heterocycles. The van der Waals surface area contributed by atoms with Gasteiger partial charge in [0.2, 0.25) is 0 Å². The molecule has 2 aromatic carbocycles. The van der Waals surface area contributed by atoms with Crippen LogP contribution in [0, 0.1) is 11.6 Å². The maximum absolute atomic E-state index is 13.2. The molecule has 0 saturated heterocycles. The van der Waals surface area contributed by atoms with Gasteiger partial charge in [-0.3, -0.25) is 4.79 Å². The summed E-state index contributed by atoms with van der Waals surface area (Å²) in [4.78, 5) is 13.4. The van der Waals surface area contributed by atoms with E-state index < -0.39 is 5.82 Å². The van der Waals surface area contributed by atoms with Crippen LogP contribution in [-0.2, 0) is 11.3 Å². The molecule has 1 amide bonds. The second-order valence-corrected chi connectivity index (χ2v) is 6.50. The van der Waals surface area contributed by atoms with Crippen LogP contribution >= 0.6 is 11.6 Å². The van der Waals surface area contributed by atoms with Crippen LogP contribution in [0.1, 0.15) is 18.4 Å². The Kier molecular flexibility index (Phi) is 5.11. The quantitative estimate of drug-likeness (QED) is 0.824. The van der Waals surface area contributed by atoms with E-state index in [1.165, 1.54) is 30.3 Å². The summed E-state index contributed by atoms with van der Waals surface area (Å²) < 4.78 is 26.2. The Morgan fingerprint density at radius 3 is 2.50 bits per heavy atom. The zero-order chi connectivity index (χ0) is 17.1. The van der Waals surface area contributed by atoms with Crippen LogP contribution in [0.5, 0.6) is 0 Å². The number of benzene rings is 2. The molecule has 0 bridgehead atoms. The fourth-order valence-corrected chi connectivity index (χ4v) is 2.87. The Morgan fingerprint density at radius 1 is 1.17 bits per heavy atom. The molecule has 0 spiro atoms. The minimum atomic E-state index is -0.517. The SMILES string of the molecule is O=C(C[NH+](Cc1ccc(F)cc1)C1CC1)Nc1ccc(F)c(Cl)c1. The molecule has 1 saturated carbocycles. The van der Waals surface area contributed by atoms with Gasteiger partial charge in [-0.15, -0.1) is 0 Å². The van der Waals surface area contributed by atoms with Crippen LogP contribution < -0.4 is 10.2 Å². The van der Waals surface area contributed by atoms with E-state index in [2.05, 4.69) is 5.32 Å². The molecule has 1 aliphatic carbocycles. The number of hydrogen-bond acceptors (Lipinski definition) is 1. The summed E-state index contributed by atoms with van der Waals surface area (Å²) in [7, 11) is 0. The molecule has 0 aliphatic heterocycles. The number of hydrogen-bond donors (Lipinski definition) is 2. The second kappa shape index (κ2) is 7.28. The average molecular weight is 352 g/mol. The second-order valence-electron chi connectivity index (χ2n) is 6.09. The molecule has 0 heterocycles. The molecule has 1 atom stereocenters. The van der Waals surface area contributed by atoms with E-state index in [9.17, 15) is 13.6 Å². The maximum Gasteiger partial charge on any atom is 0.279 e. The molecule has 126 valence electrons. The van der Waals surface area contributed by atoms with Crippen LogP contribution in [-0.4, -0.2) is 18.5 Å². The minimum Gasteiger partial charge on any atom is -0.321 e. The van der Waals surface area contributed by atoms with Gasteiger partial charge in [0.15, 0.2) is 6.54 Å². The van der Waals surface area contributed by atoms with E-state index >= 15 is 0 Å². The number of anilines is 1. The van der Waals surface area contributed by atoms with Gasteiger partial charge >= 0.3 is 0 Å². The summed E-state index contributed by atoms with van der Waals surface area (Å²) in [6.45, 7) is 0.972. The number of amides is 1. The molecule has 3 rings (SSSR count). The van der Waals surface area contributed by atoms with Crippen LogP contribution in [0.25, 0.3) is 0 Å². The van der Waals surface area contributed by atoms with Gasteiger partial charge in [-0.05, 0) is 30.3 Å². The molecule has 0 radical (unpaired) electrons. The molecular weight excluding hydrogens is 334 g/mol. The van der Waals surface area contributed by atoms with Crippen molar-refractivity contribution in [1.82, 2.24) is 0 Å². The first kappa shape index (κ1) is 16.9. The van der Waals surface area contributed by atoms with E-state index in [1.54, 1.807) is 12.1 Å². The maximum atomic E-state index is 13.2. The highest BCUT2D eigenvalue weighted by molar-refractivity contribution is 6.31. The van der Waals surface area contributed by atoms with Crippen molar-refractivity contribution in [3.05, 3.63) is 64.7 Å². The zero-order valence-electron chi connectivity index (χ0n) is 13.0. The molecule has 2 aromatic rings. The number of nitrogens with one attached hydrogen (secondary N) is 2. The van der Waals surface area contributed by atoms with Crippen molar-refractivity contribution in [3.63, 3.8) is 0 Å². The molecule has 24 heavy (non-hydrogen) atoms. The Bertz CT molecular complexity index is 732. The monoisotopic (exact) mass is 351 g/mol. The highest BCUT2D eigenvalue weighted by atomic mass is 35.5. The largest absolute Gasteiger partial charge is 0.321 e. The summed E-state index contributed by atoms with van der Waals surface area (Å²) in [6.07, 6.45) is 2.18. The summed E-state index contributed by atoms with van der Waals surface area (Å²) in [5, 5.41) is 2.72. The van der Waals surface area contributed by atoms with Crippen molar-refractivity contribution in [1.29, 1.82) is 0 Å². The predicted molar refractivity (Wildman–Crippen MR) is 89.0 cm³/mol. The van der Waals surface area contributed by atoms with E-state index in [0.29, 0.717) is 24.8 Å². The van der Waals surface area contributed by atoms with E-state index in [4.69, 9.17) is 11.6 Å². The first-order valence-electron chi connectivity index (χ1n) is 7.85. The lowest BCUT2D eigenvalue weighted by atomic mass is 10.2. The predicted octanol–water partition coefficient (Wildman–Crippen LogP) is 2.80. The molecule has 1 aliphatic rings. The van der Waals surface area contributed by atoms with Gasteiger partial charge in [-0.1, -0.05) is 23.7 Å². The topological polar surface area (TPSA) is 33.5 Å². The third-order valence-electron chi connectivity index (χ3n) is 4.09. The van der Waals surface area contributed by atoms with E-state index in [-0.39, 0.29) is 16.7 Å². The molecule has 2 N–H and O–H groups in total. The number of rotatable bonds is 6. The Balaban J connectivity index is 1.61. The highest BCUT2D eigenvalue weighted by Crippen LogP contribution is 2.19. The van der Waals surface area contributed by atoms with Gasteiger partial charge in [0.1, 0.15) is 18.2 Å². The van der Waals surface area contributed by atoms with Crippen LogP contribution in [0.15, 0.2) is 42.5 Å². The first-order chi connectivity index (χ1) is 11.5. The van der Waals surface area contributed by atoms with E-state index in [0.717, 1.165) is 23.3 Å². The smallest absolute Gasteiger partial charge is 0.279 e.